The van der Waals surface area contributed by atoms with Crippen LogP contribution in [0.1, 0.15) is 16.9 Å². The summed E-state index contributed by atoms with van der Waals surface area (Å²) in [6, 6.07) is 15.7. The van der Waals surface area contributed by atoms with Gasteiger partial charge < -0.3 is 19.9 Å². The number of urea groups is 1. The average Bonchev–Trinajstić information content (AvgIpc) is 3.33. The van der Waals surface area contributed by atoms with Crippen molar-refractivity contribution in [2.24, 2.45) is 0 Å². The first-order valence-corrected chi connectivity index (χ1v) is 11.7. The normalized spacial score (nSPS) is 10.7. The highest BCUT2D eigenvalue weighted by molar-refractivity contribution is 7.09. The Labute approximate surface area is 201 Å². The van der Waals surface area contributed by atoms with Gasteiger partial charge in [0.25, 0.3) is 0 Å². The monoisotopic (exact) mass is 487 g/mol. The number of hydrogen-bond acceptors (Lipinski definition) is 4. The molecule has 0 spiro atoms. The molecule has 0 saturated carbocycles. The molecule has 1 heterocycles. The van der Waals surface area contributed by atoms with Crippen LogP contribution in [0, 0.1) is 11.6 Å². The third-order valence-electron chi connectivity index (χ3n) is 5.06. The molecule has 6 nitrogen and oxygen atoms in total. The fourth-order valence-electron chi connectivity index (χ4n) is 3.33. The second-order valence-corrected chi connectivity index (χ2v) is 8.67. The smallest absolute Gasteiger partial charge is 0.322 e. The summed E-state index contributed by atoms with van der Waals surface area (Å²) < 4.78 is 32.3. The van der Waals surface area contributed by atoms with E-state index >= 15 is 0 Å². The van der Waals surface area contributed by atoms with E-state index in [1.807, 2.05) is 47.8 Å². The molecule has 3 amide bonds. The zero-order valence-corrected chi connectivity index (χ0v) is 19.7. The maximum atomic E-state index is 14.1. The molecule has 0 unspecified atom stereocenters. The molecule has 0 radical (unpaired) electrons. The predicted octanol–water partition coefficient (Wildman–Crippen LogP) is 5.13. The molecule has 2 aromatic carbocycles. The van der Waals surface area contributed by atoms with Gasteiger partial charge in [0.15, 0.2) is 0 Å². The molecular formula is C25H27F2N3O3S. The Kier molecular flexibility index (Phi) is 9.54. The molecule has 0 fully saturated rings. The van der Waals surface area contributed by atoms with Crippen LogP contribution in [0.2, 0.25) is 0 Å². The highest BCUT2D eigenvalue weighted by Gasteiger charge is 2.23. The van der Waals surface area contributed by atoms with Gasteiger partial charge in [-0.2, -0.15) is 0 Å². The number of methoxy groups -OCH3 is 1. The molecule has 0 aliphatic carbocycles. The van der Waals surface area contributed by atoms with E-state index in [0.717, 1.165) is 22.6 Å². The van der Waals surface area contributed by atoms with Gasteiger partial charge in [-0.3, -0.25) is 4.79 Å². The molecule has 3 aromatic rings. The molecule has 34 heavy (non-hydrogen) atoms. The van der Waals surface area contributed by atoms with E-state index in [-0.39, 0.29) is 24.7 Å². The van der Waals surface area contributed by atoms with Crippen molar-refractivity contribution in [2.45, 2.75) is 19.5 Å². The summed E-state index contributed by atoms with van der Waals surface area (Å²) in [5.41, 5.74) is 0.812. The first-order valence-electron chi connectivity index (χ1n) is 10.8. The van der Waals surface area contributed by atoms with Gasteiger partial charge in [-0.15, -0.1) is 11.3 Å². The summed E-state index contributed by atoms with van der Waals surface area (Å²) >= 11 is 1.55. The topological polar surface area (TPSA) is 61.9 Å². The van der Waals surface area contributed by atoms with Gasteiger partial charge in [0.1, 0.15) is 18.2 Å². The highest BCUT2D eigenvalue weighted by Crippen LogP contribution is 2.17. The SMILES string of the molecule is COCCCN(CC(=O)N(Cc1ccccc1)Cc1cccs1)C(=O)Nc1ccc(F)cc1F. The lowest BCUT2D eigenvalue weighted by Gasteiger charge is -2.28. The lowest BCUT2D eigenvalue weighted by atomic mass is 10.2. The number of hydrogen-bond donors (Lipinski definition) is 1. The van der Waals surface area contributed by atoms with Crippen molar-refractivity contribution in [1.82, 2.24) is 9.80 Å². The number of rotatable bonds is 11. The van der Waals surface area contributed by atoms with Crippen LogP contribution in [0.4, 0.5) is 19.3 Å². The molecular weight excluding hydrogens is 460 g/mol. The first kappa shape index (κ1) is 25.3. The molecule has 1 N–H and O–H groups in total. The number of halogens is 2. The molecule has 180 valence electrons. The van der Waals surface area contributed by atoms with Crippen molar-refractivity contribution in [2.75, 3.05) is 32.1 Å². The average molecular weight is 488 g/mol. The van der Waals surface area contributed by atoms with E-state index in [4.69, 9.17) is 4.74 Å². The molecule has 0 aliphatic rings. The van der Waals surface area contributed by atoms with Crippen molar-refractivity contribution in [1.29, 1.82) is 0 Å². The number of benzene rings is 2. The van der Waals surface area contributed by atoms with E-state index in [2.05, 4.69) is 5.32 Å². The summed E-state index contributed by atoms with van der Waals surface area (Å²) in [7, 11) is 1.55. The van der Waals surface area contributed by atoms with Crippen molar-refractivity contribution in [3.63, 3.8) is 0 Å². The van der Waals surface area contributed by atoms with Crippen LogP contribution in [0.3, 0.4) is 0 Å². The van der Waals surface area contributed by atoms with Gasteiger partial charge in [-0.25, -0.2) is 13.6 Å². The lowest BCUT2D eigenvalue weighted by Crippen LogP contribution is -2.44. The van der Waals surface area contributed by atoms with E-state index in [0.29, 0.717) is 32.2 Å². The number of nitrogens with one attached hydrogen (secondary N) is 1. The van der Waals surface area contributed by atoms with Crippen molar-refractivity contribution < 1.29 is 23.1 Å². The van der Waals surface area contributed by atoms with Crippen LogP contribution in [0.25, 0.3) is 0 Å². The minimum atomic E-state index is -0.889. The van der Waals surface area contributed by atoms with Gasteiger partial charge in [0.2, 0.25) is 5.91 Å². The van der Waals surface area contributed by atoms with Gasteiger partial charge >= 0.3 is 6.03 Å². The summed E-state index contributed by atoms with van der Waals surface area (Å²) in [4.78, 5) is 30.3. The Morgan fingerprint density at radius 1 is 1.00 bits per heavy atom. The number of ether oxygens (including phenoxy) is 1. The number of carbonyl (C=O) groups is 2. The quantitative estimate of drug-likeness (QED) is 0.382. The van der Waals surface area contributed by atoms with E-state index < -0.39 is 17.7 Å². The second kappa shape index (κ2) is 12.8. The van der Waals surface area contributed by atoms with Crippen LogP contribution >= 0.6 is 11.3 Å². The molecule has 3 rings (SSSR count). The van der Waals surface area contributed by atoms with Crippen LogP contribution in [0.5, 0.6) is 0 Å². The number of nitrogens with zero attached hydrogens (tertiary/aromatic N) is 2. The van der Waals surface area contributed by atoms with Gasteiger partial charge in [0.05, 0.1) is 12.2 Å². The number of amides is 3. The Morgan fingerprint density at radius 2 is 1.79 bits per heavy atom. The third-order valence-corrected chi connectivity index (χ3v) is 5.92. The predicted molar refractivity (Wildman–Crippen MR) is 128 cm³/mol. The fraction of sp³-hybridized carbons (Fsp3) is 0.280. The van der Waals surface area contributed by atoms with Crippen molar-refractivity contribution in [3.05, 3.63) is 88.1 Å². The number of carbonyl (C=O) groups excluding carboxylic acids is 2. The third kappa shape index (κ3) is 7.64. The lowest BCUT2D eigenvalue weighted by molar-refractivity contribution is -0.133. The van der Waals surface area contributed by atoms with Gasteiger partial charge in [0, 0.05) is 37.7 Å². The number of thiophene rings is 1. The largest absolute Gasteiger partial charge is 0.385 e. The Hall–Kier alpha value is -3.30. The Morgan fingerprint density at radius 3 is 2.47 bits per heavy atom. The van der Waals surface area contributed by atoms with Crippen LogP contribution < -0.4 is 5.32 Å². The summed E-state index contributed by atoms with van der Waals surface area (Å²) in [5.74, 6) is -1.88. The molecule has 1 aromatic heterocycles. The zero-order chi connectivity index (χ0) is 24.3. The maximum Gasteiger partial charge on any atom is 0.322 e. The summed E-state index contributed by atoms with van der Waals surface area (Å²) in [6.07, 6.45) is 0.493. The molecule has 0 atom stereocenters. The molecule has 0 bridgehead atoms. The summed E-state index contributed by atoms with van der Waals surface area (Å²) in [5, 5.41) is 4.39. The van der Waals surface area contributed by atoms with Crippen LogP contribution in [-0.2, 0) is 22.6 Å². The second-order valence-electron chi connectivity index (χ2n) is 7.64. The van der Waals surface area contributed by atoms with E-state index in [9.17, 15) is 18.4 Å². The standard InChI is InChI=1S/C25H27F2N3O3S/c1-33-13-6-12-29(25(32)28-23-11-10-20(26)15-22(23)27)18-24(31)30(17-21-9-5-14-34-21)16-19-7-3-2-4-8-19/h2-5,7-11,14-15H,6,12-13,16-18H2,1H3,(H,28,32). The minimum Gasteiger partial charge on any atom is -0.385 e. The van der Waals surface area contributed by atoms with Crippen molar-refractivity contribution >= 4 is 29.0 Å². The fourth-order valence-corrected chi connectivity index (χ4v) is 4.05. The van der Waals surface area contributed by atoms with E-state index in [1.165, 1.54) is 4.90 Å². The zero-order valence-electron chi connectivity index (χ0n) is 18.9. The van der Waals surface area contributed by atoms with Gasteiger partial charge in [-0.05, 0) is 35.6 Å². The van der Waals surface area contributed by atoms with Crippen molar-refractivity contribution in [3.8, 4) is 0 Å². The maximum absolute atomic E-state index is 14.1. The Bertz CT molecular complexity index is 1060. The number of anilines is 1. The van der Waals surface area contributed by atoms with Crippen LogP contribution in [0.15, 0.2) is 66.0 Å². The van der Waals surface area contributed by atoms with Crippen LogP contribution in [-0.4, -0.2) is 48.5 Å². The van der Waals surface area contributed by atoms with Gasteiger partial charge in [-0.1, -0.05) is 36.4 Å². The summed E-state index contributed by atoms with van der Waals surface area (Å²) in [6.45, 7) is 1.22. The highest BCUT2D eigenvalue weighted by atomic mass is 32.1. The first-order chi connectivity index (χ1) is 16.5. The Balaban J connectivity index is 1.75. The van der Waals surface area contributed by atoms with E-state index in [1.54, 1.807) is 23.3 Å². The molecule has 0 saturated heterocycles. The molecule has 9 heteroatoms. The molecule has 0 aliphatic heterocycles. The minimum absolute atomic E-state index is 0.157.